The molecule has 1 N–H and O–H groups in total. The van der Waals surface area contributed by atoms with Crippen molar-refractivity contribution in [1.82, 2.24) is 15.2 Å². The van der Waals surface area contributed by atoms with Crippen molar-refractivity contribution in [1.29, 1.82) is 0 Å². The summed E-state index contributed by atoms with van der Waals surface area (Å²) in [6.07, 6.45) is 0.779. The third-order valence-electron chi connectivity index (χ3n) is 3.54. The first-order chi connectivity index (χ1) is 9.86. The van der Waals surface area contributed by atoms with Crippen LogP contribution in [0.15, 0.2) is 12.1 Å². The molecule has 1 fully saturated rings. The van der Waals surface area contributed by atoms with Crippen molar-refractivity contribution in [3.8, 4) is 0 Å². The van der Waals surface area contributed by atoms with Gasteiger partial charge in [-0.25, -0.2) is 4.98 Å². The van der Waals surface area contributed by atoms with Crippen molar-refractivity contribution >= 4 is 23.4 Å². The van der Waals surface area contributed by atoms with E-state index in [1.165, 1.54) is 6.92 Å². The van der Waals surface area contributed by atoms with Crippen LogP contribution in [0.5, 0.6) is 0 Å². The molecule has 2 rings (SSSR count). The van der Waals surface area contributed by atoms with E-state index in [4.69, 9.17) is 11.6 Å². The molecule has 1 aliphatic rings. The summed E-state index contributed by atoms with van der Waals surface area (Å²) in [5.74, 6) is 0.0818. The molecule has 1 aromatic rings. The molecule has 5 nitrogen and oxygen atoms in total. The first-order valence-corrected chi connectivity index (χ1v) is 7.48. The number of nitrogens with one attached hydrogen (secondary N) is 1. The molecule has 0 saturated carbocycles. The SMILES string of the molecule is CC(=O)NC1CCN(C(=O)c2cc(Cl)nc(C(C)C)c2)C1. The Morgan fingerprint density at radius 3 is 2.76 bits per heavy atom. The van der Waals surface area contributed by atoms with Gasteiger partial charge in [0, 0.05) is 37.3 Å². The highest BCUT2D eigenvalue weighted by molar-refractivity contribution is 6.29. The summed E-state index contributed by atoms with van der Waals surface area (Å²) in [7, 11) is 0. The summed E-state index contributed by atoms with van der Waals surface area (Å²) in [6.45, 7) is 6.68. The number of amides is 2. The van der Waals surface area contributed by atoms with Crippen molar-refractivity contribution in [2.45, 2.75) is 39.2 Å². The molecule has 0 aliphatic carbocycles. The van der Waals surface area contributed by atoms with E-state index < -0.39 is 0 Å². The van der Waals surface area contributed by atoms with Gasteiger partial charge in [0.15, 0.2) is 0 Å². The summed E-state index contributed by atoms with van der Waals surface area (Å²) in [4.78, 5) is 29.6. The fourth-order valence-electron chi connectivity index (χ4n) is 2.47. The molecule has 2 amide bonds. The van der Waals surface area contributed by atoms with E-state index in [1.807, 2.05) is 13.8 Å². The Morgan fingerprint density at radius 1 is 1.43 bits per heavy atom. The summed E-state index contributed by atoms with van der Waals surface area (Å²) in [5.41, 5.74) is 1.37. The molecule has 2 heterocycles. The smallest absolute Gasteiger partial charge is 0.254 e. The summed E-state index contributed by atoms with van der Waals surface area (Å²) < 4.78 is 0. The van der Waals surface area contributed by atoms with Crippen LogP contribution >= 0.6 is 11.6 Å². The molecule has 1 unspecified atom stereocenters. The second kappa shape index (κ2) is 6.43. The molecule has 0 spiro atoms. The van der Waals surface area contributed by atoms with Gasteiger partial charge in [-0.2, -0.15) is 0 Å². The van der Waals surface area contributed by atoms with Gasteiger partial charge in [-0.3, -0.25) is 9.59 Å². The highest BCUT2D eigenvalue weighted by Crippen LogP contribution is 2.20. The second-order valence-electron chi connectivity index (χ2n) is 5.70. The Bertz CT molecular complexity index is 560. The van der Waals surface area contributed by atoms with Crippen molar-refractivity contribution in [2.75, 3.05) is 13.1 Å². The third-order valence-corrected chi connectivity index (χ3v) is 3.73. The topological polar surface area (TPSA) is 62.3 Å². The summed E-state index contributed by atoms with van der Waals surface area (Å²) in [6, 6.07) is 3.43. The number of nitrogens with zero attached hydrogens (tertiary/aromatic N) is 2. The highest BCUT2D eigenvalue weighted by Gasteiger charge is 2.27. The monoisotopic (exact) mass is 309 g/mol. The van der Waals surface area contributed by atoms with Crippen LogP contribution in [0.2, 0.25) is 5.15 Å². The van der Waals surface area contributed by atoms with Gasteiger partial charge in [-0.1, -0.05) is 25.4 Å². The van der Waals surface area contributed by atoms with Gasteiger partial charge in [0.1, 0.15) is 5.15 Å². The minimum absolute atomic E-state index is 0.0355. The Kier molecular flexibility index (Phi) is 4.83. The number of rotatable bonds is 3. The Balaban J connectivity index is 2.12. The molecule has 0 radical (unpaired) electrons. The van der Waals surface area contributed by atoms with Gasteiger partial charge in [0.25, 0.3) is 5.91 Å². The molecule has 21 heavy (non-hydrogen) atoms. The van der Waals surface area contributed by atoms with E-state index in [-0.39, 0.29) is 23.8 Å². The molecule has 1 saturated heterocycles. The van der Waals surface area contributed by atoms with Crippen LogP contribution in [0.25, 0.3) is 0 Å². The number of halogens is 1. The minimum atomic E-state index is -0.0663. The van der Waals surface area contributed by atoms with E-state index in [0.717, 1.165) is 12.1 Å². The lowest BCUT2D eigenvalue weighted by molar-refractivity contribution is -0.119. The molecule has 6 heteroatoms. The number of hydrogen-bond acceptors (Lipinski definition) is 3. The van der Waals surface area contributed by atoms with Gasteiger partial charge < -0.3 is 10.2 Å². The standard InChI is InChI=1S/C15H20ClN3O2/c1-9(2)13-6-11(7-14(16)18-13)15(21)19-5-4-12(8-19)17-10(3)20/h6-7,9,12H,4-5,8H2,1-3H3,(H,17,20). The number of carbonyl (C=O) groups excluding carboxylic acids is 2. The fourth-order valence-corrected chi connectivity index (χ4v) is 2.68. The van der Waals surface area contributed by atoms with E-state index in [0.29, 0.717) is 23.8 Å². The van der Waals surface area contributed by atoms with Gasteiger partial charge in [0.05, 0.1) is 0 Å². The quantitative estimate of drug-likeness (QED) is 0.871. The molecule has 0 bridgehead atoms. The summed E-state index contributed by atoms with van der Waals surface area (Å²) in [5, 5.41) is 3.18. The highest BCUT2D eigenvalue weighted by atomic mass is 35.5. The molecular formula is C15H20ClN3O2. The first kappa shape index (κ1) is 15.8. The van der Waals surface area contributed by atoms with Gasteiger partial charge in [-0.05, 0) is 24.5 Å². The number of carbonyl (C=O) groups is 2. The number of hydrogen-bond donors (Lipinski definition) is 1. The third kappa shape index (κ3) is 3.94. The lowest BCUT2D eigenvalue weighted by Crippen LogP contribution is -2.37. The minimum Gasteiger partial charge on any atom is -0.352 e. The largest absolute Gasteiger partial charge is 0.352 e. The first-order valence-electron chi connectivity index (χ1n) is 7.10. The van der Waals surface area contributed by atoms with Crippen LogP contribution < -0.4 is 5.32 Å². The van der Waals surface area contributed by atoms with Crippen LogP contribution in [0.1, 0.15) is 49.2 Å². The zero-order valence-corrected chi connectivity index (χ0v) is 13.3. The predicted molar refractivity (Wildman–Crippen MR) is 81.5 cm³/mol. The van der Waals surface area contributed by atoms with Crippen LogP contribution in [-0.2, 0) is 4.79 Å². The predicted octanol–water partition coefficient (Wildman–Crippen LogP) is 2.21. The average molecular weight is 310 g/mol. The van der Waals surface area contributed by atoms with Crippen molar-refractivity contribution in [3.05, 3.63) is 28.5 Å². The van der Waals surface area contributed by atoms with Crippen molar-refractivity contribution in [2.24, 2.45) is 0 Å². The van der Waals surface area contributed by atoms with Gasteiger partial charge >= 0.3 is 0 Å². The lowest BCUT2D eigenvalue weighted by atomic mass is 10.1. The molecule has 1 aliphatic heterocycles. The Labute approximate surface area is 129 Å². The maximum absolute atomic E-state index is 12.5. The van der Waals surface area contributed by atoms with E-state index >= 15 is 0 Å². The van der Waals surface area contributed by atoms with Crippen molar-refractivity contribution in [3.63, 3.8) is 0 Å². The van der Waals surface area contributed by atoms with E-state index in [1.54, 1.807) is 17.0 Å². The zero-order chi connectivity index (χ0) is 15.6. The maximum Gasteiger partial charge on any atom is 0.254 e. The van der Waals surface area contributed by atoms with Crippen LogP contribution in [0.4, 0.5) is 0 Å². The van der Waals surface area contributed by atoms with Crippen molar-refractivity contribution < 1.29 is 9.59 Å². The van der Waals surface area contributed by atoms with E-state index in [9.17, 15) is 9.59 Å². The summed E-state index contributed by atoms with van der Waals surface area (Å²) >= 11 is 6.00. The molecule has 0 aromatic carbocycles. The Morgan fingerprint density at radius 2 is 2.14 bits per heavy atom. The normalized spacial score (nSPS) is 18.1. The van der Waals surface area contributed by atoms with E-state index in [2.05, 4.69) is 10.3 Å². The van der Waals surface area contributed by atoms with Gasteiger partial charge in [0.2, 0.25) is 5.91 Å². The van der Waals surface area contributed by atoms with Crippen LogP contribution in [0.3, 0.4) is 0 Å². The molecule has 1 aromatic heterocycles. The molecule has 114 valence electrons. The number of pyridine rings is 1. The molecular weight excluding hydrogens is 290 g/mol. The maximum atomic E-state index is 12.5. The number of aromatic nitrogens is 1. The average Bonchev–Trinajstić information content (AvgIpc) is 2.84. The van der Waals surface area contributed by atoms with Crippen LogP contribution in [0, 0.1) is 0 Å². The zero-order valence-electron chi connectivity index (χ0n) is 12.5. The number of likely N-dealkylation sites (tertiary alicyclic amines) is 1. The van der Waals surface area contributed by atoms with Crippen LogP contribution in [-0.4, -0.2) is 40.8 Å². The Hall–Kier alpha value is -1.62. The van der Waals surface area contributed by atoms with Gasteiger partial charge in [-0.15, -0.1) is 0 Å². The molecule has 1 atom stereocenters. The fraction of sp³-hybridized carbons (Fsp3) is 0.533. The lowest BCUT2D eigenvalue weighted by Gasteiger charge is -2.18. The second-order valence-corrected chi connectivity index (χ2v) is 6.08.